The van der Waals surface area contributed by atoms with Gasteiger partial charge in [0.25, 0.3) is 0 Å². The van der Waals surface area contributed by atoms with Crippen LogP contribution in [0.1, 0.15) is 264 Å². The minimum absolute atomic E-state index is 0.0460. The van der Waals surface area contributed by atoms with Crippen molar-refractivity contribution in [1.29, 1.82) is 0 Å². The lowest BCUT2D eigenvalue weighted by Gasteiger charge is -2.18. The summed E-state index contributed by atoms with van der Waals surface area (Å²) in [5, 5.41) is 8.69. The van der Waals surface area contributed by atoms with Crippen LogP contribution in [0.4, 0.5) is 0 Å². The molecule has 0 amide bonds. The second-order valence-electron chi connectivity index (χ2n) is 15.6. The van der Waals surface area contributed by atoms with E-state index < -0.39 is 5.97 Å². The Hall–Kier alpha value is -1.32. The van der Waals surface area contributed by atoms with Crippen LogP contribution in [0.3, 0.4) is 0 Å². The third-order valence-corrected chi connectivity index (χ3v) is 10.5. The zero-order valence-corrected chi connectivity index (χ0v) is 34.0. The molecule has 1 N–H and O–H groups in total. The fourth-order valence-electron chi connectivity index (χ4n) is 7.12. The minimum atomic E-state index is -0.664. The molecule has 0 heterocycles. The maximum absolute atomic E-state index is 12.7. The number of carbonyl (C=O) groups is 2. The molecule has 296 valence electrons. The lowest BCUT2D eigenvalue weighted by atomic mass is 10.0. The van der Waals surface area contributed by atoms with Crippen LogP contribution in [0.2, 0.25) is 0 Å². The highest BCUT2D eigenvalue weighted by atomic mass is 16.5. The van der Waals surface area contributed by atoms with Crippen LogP contribution in [-0.2, 0) is 14.3 Å². The van der Waals surface area contributed by atoms with Gasteiger partial charge in [-0.15, -0.1) is 0 Å². The summed E-state index contributed by atoms with van der Waals surface area (Å²) in [6.45, 7) is 4.54. The first-order valence-corrected chi connectivity index (χ1v) is 22.7. The number of unbranched alkanes of at least 4 members (excludes halogenated alkanes) is 31. The van der Waals surface area contributed by atoms with Gasteiger partial charge < -0.3 is 9.84 Å². The average molecular weight is 705 g/mol. The van der Waals surface area contributed by atoms with Crippen LogP contribution < -0.4 is 0 Å². The predicted molar refractivity (Wildman–Crippen MR) is 218 cm³/mol. The van der Waals surface area contributed by atoms with Crippen molar-refractivity contribution in [2.75, 3.05) is 0 Å². The van der Waals surface area contributed by atoms with Gasteiger partial charge in [-0.25, -0.2) is 0 Å². The maximum atomic E-state index is 12.7. The summed E-state index contributed by atoms with van der Waals surface area (Å²) in [6.07, 6.45) is 52.8. The normalized spacial score (nSPS) is 12.2. The Morgan fingerprint density at radius 3 is 1.10 bits per heavy atom. The number of rotatable bonds is 42. The molecule has 0 spiro atoms. The lowest BCUT2D eigenvalue weighted by molar-refractivity contribution is -0.150. The molecule has 0 aliphatic heterocycles. The lowest BCUT2D eigenvalue weighted by Crippen LogP contribution is -2.18. The van der Waals surface area contributed by atoms with Crippen molar-refractivity contribution >= 4 is 11.9 Å². The first-order valence-electron chi connectivity index (χ1n) is 22.7. The SMILES string of the molecule is CCCCCCCC/C=C\CCCCCCCCCCCC(=O)OC(CCCCCC)CCCCCCCCCCCCCCCCC(=O)O. The van der Waals surface area contributed by atoms with Crippen LogP contribution in [0.15, 0.2) is 12.2 Å². The van der Waals surface area contributed by atoms with Crippen LogP contribution >= 0.6 is 0 Å². The van der Waals surface area contributed by atoms with Gasteiger partial charge in [0.15, 0.2) is 0 Å². The Kier molecular flexibility index (Phi) is 41.0. The van der Waals surface area contributed by atoms with Crippen molar-refractivity contribution in [3.63, 3.8) is 0 Å². The first-order chi connectivity index (χ1) is 24.6. The van der Waals surface area contributed by atoms with Gasteiger partial charge in [0.1, 0.15) is 6.10 Å². The van der Waals surface area contributed by atoms with Gasteiger partial charge in [-0.3, -0.25) is 9.59 Å². The van der Waals surface area contributed by atoms with Crippen LogP contribution in [-0.4, -0.2) is 23.1 Å². The second-order valence-corrected chi connectivity index (χ2v) is 15.6. The van der Waals surface area contributed by atoms with Crippen molar-refractivity contribution in [1.82, 2.24) is 0 Å². The van der Waals surface area contributed by atoms with Crippen molar-refractivity contribution in [2.24, 2.45) is 0 Å². The van der Waals surface area contributed by atoms with Gasteiger partial charge in [0.05, 0.1) is 0 Å². The van der Waals surface area contributed by atoms with Crippen LogP contribution in [0, 0.1) is 0 Å². The van der Waals surface area contributed by atoms with E-state index in [0.717, 1.165) is 38.5 Å². The van der Waals surface area contributed by atoms with E-state index in [1.54, 1.807) is 0 Å². The molecule has 0 aromatic heterocycles. The fourth-order valence-corrected chi connectivity index (χ4v) is 7.12. The molecule has 4 heteroatoms. The molecule has 1 unspecified atom stereocenters. The number of hydrogen-bond donors (Lipinski definition) is 1. The van der Waals surface area contributed by atoms with Crippen molar-refractivity contribution in [2.45, 2.75) is 270 Å². The molecule has 1 atom stereocenters. The highest BCUT2D eigenvalue weighted by Gasteiger charge is 2.14. The standard InChI is InChI=1S/C46H88O4/c1-3-5-7-9-10-11-12-13-14-15-16-17-18-23-26-29-32-35-39-43-46(49)50-44(40-36-8-6-4-2)41-37-33-30-27-24-21-19-20-22-25-28-31-34-38-42-45(47)48/h13-14,44H,3-12,15-43H2,1-2H3,(H,47,48)/b14-13-. The fraction of sp³-hybridized carbons (Fsp3) is 0.913. The quantitative estimate of drug-likeness (QED) is 0.0390. The third kappa shape index (κ3) is 41.1. The number of aliphatic carboxylic acids is 1. The summed E-state index contributed by atoms with van der Waals surface area (Å²) >= 11 is 0. The van der Waals surface area contributed by atoms with E-state index in [1.807, 2.05) is 0 Å². The molecule has 0 aliphatic rings. The monoisotopic (exact) mass is 705 g/mol. The molecule has 0 rings (SSSR count). The van der Waals surface area contributed by atoms with E-state index in [4.69, 9.17) is 9.84 Å². The third-order valence-electron chi connectivity index (χ3n) is 10.5. The first kappa shape index (κ1) is 48.7. The molecular formula is C46H88O4. The van der Waals surface area contributed by atoms with Crippen LogP contribution in [0.5, 0.6) is 0 Å². The topological polar surface area (TPSA) is 63.6 Å². The van der Waals surface area contributed by atoms with E-state index in [2.05, 4.69) is 26.0 Å². The maximum Gasteiger partial charge on any atom is 0.306 e. The zero-order chi connectivity index (χ0) is 36.4. The number of carbonyl (C=O) groups excluding carboxylic acids is 1. The average Bonchev–Trinajstić information content (AvgIpc) is 3.10. The van der Waals surface area contributed by atoms with E-state index in [1.165, 1.54) is 199 Å². The van der Waals surface area contributed by atoms with Gasteiger partial charge >= 0.3 is 11.9 Å². The van der Waals surface area contributed by atoms with Gasteiger partial charge in [0.2, 0.25) is 0 Å². The van der Waals surface area contributed by atoms with E-state index in [0.29, 0.717) is 12.8 Å². The Labute approximate surface area is 313 Å². The molecule has 0 fully saturated rings. The van der Waals surface area contributed by atoms with E-state index >= 15 is 0 Å². The Morgan fingerprint density at radius 2 is 0.720 bits per heavy atom. The summed E-state index contributed by atoms with van der Waals surface area (Å²) in [5.74, 6) is -0.618. The highest BCUT2D eigenvalue weighted by molar-refractivity contribution is 5.69. The second kappa shape index (κ2) is 42.1. The molecule has 0 aromatic carbocycles. The largest absolute Gasteiger partial charge is 0.481 e. The molecule has 0 aliphatic carbocycles. The van der Waals surface area contributed by atoms with Gasteiger partial charge in [-0.2, -0.15) is 0 Å². The Balaban J connectivity index is 3.72. The summed E-state index contributed by atoms with van der Waals surface area (Å²) in [6, 6.07) is 0. The van der Waals surface area contributed by atoms with Gasteiger partial charge in [-0.05, 0) is 64.2 Å². The summed E-state index contributed by atoms with van der Waals surface area (Å²) in [5.41, 5.74) is 0. The predicted octanol–water partition coefficient (Wildman–Crippen LogP) is 15.8. The number of carboxylic acid groups (broad SMARTS) is 1. The smallest absolute Gasteiger partial charge is 0.306 e. The molecule has 0 bridgehead atoms. The molecule has 0 saturated carbocycles. The number of allylic oxidation sites excluding steroid dienone is 2. The minimum Gasteiger partial charge on any atom is -0.481 e. The number of carboxylic acids is 1. The molecule has 50 heavy (non-hydrogen) atoms. The number of hydrogen-bond acceptors (Lipinski definition) is 3. The molecule has 4 nitrogen and oxygen atoms in total. The van der Waals surface area contributed by atoms with E-state index in [-0.39, 0.29) is 12.1 Å². The van der Waals surface area contributed by atoms with Gasteiger partial charge in [-0.1, -0.05) is 199 Å². The molecule has 0 radical (unpaired) electrons. The Bertz CT molecular complexity index is 717. The summed E-state index contributed by atoms with van der Waals surface area (Å²) < 4.78 is 6.03. The molecule has 0 saturated heterocycles. The van der Waals surface area contributed by atoms with E-state index in [9.17, 15) is 9.59 Å². The summed E-state index contributed by atoms with van der Waals surface area (Å²) in [4.78, 5) is 23.2. The molecular weight excluding hydrogens is 617 g/mol. The zero-order valence-electron chi connectivity index (χ0n) is 34.0. The van der Waals surface area contributed by atoms with Crippen molar-refractivity contribution in [3.05, 3.63) is 12.2 Å². The number of esters is 1. The highest BCUT2D eigenvalue weighted by Crippen LogP contribution is 2.19. The van der Waals surface area contributed by atoms with Crippen molar-refractivity contribution in [3.8, 4) is 0 Å². The Morgan fingerprint density at radius 1 is 0.420 bits per heavy atom. The van der Waals surface area contributed by atoms with Crippen molar-refractivity contribution < 1.29 is 19.4 Å². The molecule has 0 aromatic rings. The number of ether oxygens (including phenoxy) is 1. The summed E-state index contributed by atoms with van der Waals surface area (Å²) in [7, 11) is 0. The van der Waals surface area contributed by atoms with Gasteiger partial charge in [0, 0.05) is 12.8 Å². The van der Waals surface area contributed by atoms with Crippen LogP contribution in [0.25, 0.3) is 0 Å².